The first-order valence-electron chi connectivity index (χ1n) is 6.47. The van der Waals surface area contributed by atoms with Gasteiger partial charge in [-0.1, -0.05) is 59.3 Å². The monoisotopic (exact) mass is 250 g/mol. The van der Waals surface area contributed by atoms with Gasteiger partial charge in [0.15, 0.2) is 0 Å². The number of hydrogen-bond acceptors (Lipinski definition) is 2. The van der Waals surface area contributed by atoms with Crippen molar-refractivity contribution in [3.8, 4) is 0 Å². The second-order valence-corrected chi connectivity index (χ2v) is 7.03. The van der Waals surface area contributed by atoms with E-state index in [2.05, 4.69) is 6.92 Å². The van der Waals surface area contributed by atoms with Gasteiger partial charge in [0.1, 0.15) is 0 Å². The van der Waals surface area contributed by atoms with E-state index >= 15 is 0 Å². The van der Waals surface area contributed by atoms with Crippen LogP contribution in [-0.4, -0.2) is 17.2 Å². The minimum atomic E-state index is -3.33. The summed E-state index contributed by atoms with van der Waals surface area (Å²) in [6.07, 6.45) is 8.36. The Hall–Kier alpha value is 0.150. The topological polar surface area (TPSA) is 46.5 Å². The molecule has 0 aromatic heterocycles. The van der Waals surface area contributed by atoms with Crippen LogP contribution < -0.4 is 0 Å². The van der Waals surface area contributed by atoms with E-state index in [1.807, 2.05) is 0 Å². The quantitative estimate of drug-likeness (QED) is 0.463. The second-order valence-electron chi connectivity index (χ2n) is 4.61. The third-order valence-electron chi connectivity index (χ3n) is 2.68. The fraction of sp³-hybridized carbons (Fsp3) is 1.00. The van der Waals surface area contributed by atoms with Gasteiger partial charge in [0, 0.05) is 0 Å². The SMILES string of the molecule is CCCCCCCCCOP(=O)(O)C(C)C. The van der Waals surface area contributed by atoms with Gasteiger partial charge in [-0.25, -0.2) is 0 Å². The van der Waals surface area contributed by atoms with Crippen LogP contribution in [0.4, 0.5) is 0 Å². The molecule has 1 N–H and O–H groups in total. The van der Waals surface area contributed by atoms with Crippen LogP contribution in [0.15, 0.2) is 0 Å². The van der Waals surface area contributed by atoms with Gasteiger partial charge in [0.2, 0.25) is 0 Å². The highest BCUT2D eigenvalue weighted by Gasteiger charge is 2.23. The first kappa shape index (κ1) is 16.1. The van der Waals surface area contributed by atoms with E-state index in [4.69, 9.17) is 4.52 Å². The van der Waals surface area contributed by atoms with Crippen molar-refractivity contribution >= 4 is 7.60 Å². The molecule has 0 saturated heterocycles. The maximum Gasteiger partial charge on any atom is 0.330 e. The molecule has 0 radical (unpaired) electrons. The molecule has 0 aromatic rings. The van der Waals surface area contributed by atoms with Crippen LogP contribution >= 0.6 is 7.60 Å². The molecule has 3 nitrogen and oxygen atoms in total. The second kappa shape index (κ2) is 9.21. The van der Waals surface area contributed by atoms with Crippen molar-refractivity contribution in [3.63, 3.8) is 0 Å². The summed E-state index contributed by atoms with van der Waals surface area (Å²) in [5.74, 6) is 0. The Bertz CT molecular complexity index is 204. The third-order valence-corrected chi connectivity index (χ3v) is 4.53. The molecule has 1 atom stereocenters. The Morgan fingerprint density at radius 1 is 1.06 bits per heavy atom. The lowest BCUT2D eigenvalue weighted by atomic mass is 10.1. The summed E-state index contributed by atoms with van der Waals surface area (Å²) in [6, 6.07) is 0. The molecule has 0 aliphatic carbocycles. The molecule has 0 aromatic carbocycles. The summed E-state index contributed by atoms with van der Waals surface area (Å²) < 4.78 is 16.5. The van der Waals surface area contributed by atoms with Crippen molar-refractivity contribution < 1.29 is 14.0 Å². The normalized spacial score (nSPS) is 15.3. The molecule has 0 heterocycles. The maximum absolute atomic E-state index is 11.4. The fourth-order valence-corrected chi connectivity index (χ4v) is 2.09. The first-order valence-corrected chi connectivity index (χ1v) is 8.12. The minimum Gasteiger partial charge on any atom is -0.324 e. The summed E-state index contributed by atoms with van der Waals surface area (Å²) >= 11 is 0. The summed E-state index contributed by atoms with van der Waals surface area (Å²) in [5, 5.41) is 0. The summed E-state index contributed by atoms with van der Waals surface area (Å²) in [5.41, 5.74) is -0.294. The Morgan fingerprint density at radius 2 is 1.56 bits per heavy atom. The first-order chi connectivity index (χ1) is 7.50. The Balaban J connectivity index is 3.30. The van der Waals surface area contributed by atoms with E-state index in [0.717, 1.165) is 12.8 Å². The molecule has 0 amide bonds. The van der Waals surface area contributed by atoms with Gasteiger partial charge in [-0.15, -0.1) is 0 Å². The summed E-state index contributed by atoms with van der Waals surface area (Å²) in [4.78, 5) is 9.40. The highest BCUT2D eigenvalue weighted by atomic mass is 31.2. The lowest BCUT2D eigenvalue weighted by Crippen LogP contribution is -2.02. The molecule has 16 heavy (non-hydrogen) atoms. The lowest BCUT2D eigenvalue weighted by molar-refractivity contribution is 0.247. The fourth-order valence-electron chi connectivity index (χ4n) is 1.40. The van der Waals surface area contributed by atoms with Gasteiger partial charge in [0.05, 0.1) is 12.3 Å². The van der Waals surface area contributed by atoms with Gasteiger partial charge in [-0.05, 0) is 6.42 Å². The van der Waals surface area contributed by atoms with Crippen LogP contribution in [0.5, 0.6) is 0 Å². The van der Waals surface area contributed by atoms with E-state index in [1.165, 1.54) is 32.1 Å². The molecule has 4 heteroatoms. The van der Waals surface area contributed by atoms with E-state index in [1.54, 1.807) is 13.8 Å². The van der Waals surface area contributed by atoms with E-state index < -0.39 is 7.60 Å². The number of rotatable bonds is 10. The van der Waals surface area contributed by atoms with Gasteiger partial charge in [-0.3, -0.25) is 4.57 Å². The molecular formula is C12H27O3P. The number of hydrogen-bond donors (Lipinski definition) is 1. The van der Waals surface area contributed by atoms with Crippen molar-refractivity contribution in [3.05, 3.63) is 0 Å². The lowest BCUT2D eigenvalue weighted by Gasteiger charge is -2.14. The van der Waals surface area contributed by atoms with E-state index in [0.29, 0.717) is 6.61 Å². The van der Waals surface area contributed by atoms with Crippen molar-refractivity contribution in [2.75, 3.05) is 6.61 Å². The van der Waals surface area contributed by atoms with Gasteiger partial charge >= 0.3 is 7.60 Å². The molecular weight excluding hydrogens is 223 g/mol. The van der Waals surface area contributed by atoms with Gasteiger partial charge in [-0.2, -0.15) is 0 Å². The maximum atomic E-state index is 11.4. The Morgan fingerprint density at radius 3 is 2.06 bits per heavy atom. The molecule has 0 rings (SSSR count). The molecule has 98 valence electrons. The number of unbranched alkanes of at least 4 members (excludes halogenated alkanes) is 6. The largest absolute Gasteiger partial charge is 0.330 e. The average molecular weight is 250 g/mol. The van der Waals surface area contributed by atoms with Crippen LogP contribution in [-0.2, 0) is 9.09 Å². The third kappa shape index (κ3) is 8.32. The Labute approximate surface area is 100 Å². The van der Waals surface area contributed by atoms with Crippen molar-refractivity contribution in [2.24, 2.45) is 0 Å². The highest BCUT2D eigenvalue weighted by Crippen LogP contribution is 2.46. The Kier molecular flexibility index (Phi) is 9.29. The minimum absolute atomic E-state index is 0.294. The van der Waals surface area contributed by atoms with Crippen LogP contribution in [0.3, 0.4) is 0 Å². The summed E-state index contributed by atoms with van der Waals surface area (Å²) in [7, 11) is -3.33. The summed E-state index contributed by atoms with van der Waals surface area (Å²) in [6.45, 7) is 6.05. The molecule has 1 unspecified atom stereocenters. The van der Waals surface area contributed by atoms with E-state index in [-0.39, 0.29) is 5.66 Å². The highest BCUT2D eigenvalue weighted by molar-refractivity contribution is 7.53. The van der Waals surface area contributed by atoms with Crippen LogP contribution in [0, 0.1) is 0 Å². The zero-order valence-corrected chi connectivity index (χ0v) is 11.8. The predicted octanol–water partition coefficient (Wildman–Crippen LogP) is 4.35. The average Bonchev–Trinajstić information content (AvgIpc) is 2.21. The van der Waals surface area contributed by atoms with Gasteiger partial charge < -0.3 is 9.42 Å². The van der Waals surface area contributed by atoms with Crippen LogP contribution in [0.2, 0.25) is 0 Å². The smallest absolute Gasteiger partial charge is 0.324 e. The van der Waals surface area contributed by atoms with Gasteiger partial charge in [0.25, 0.3) is 0 Å². The molecule has 0 fully saturated rings. The molecule has 0 saturated carbocycles. The molecule has 0 spiro atoms. The van der Waals surface area contributed by atoms with Crippen molar-refractivity contribution in [1.82, 2.24) is 0 Å². The van der Waals surface area contributed by atoms with Crippen molar-refractivity contribution in [2.45, 2.75) is 71.4 Å². The molecule has 0 aliphatic heterocycles. The van der Waals surface area contributed by atoms with Crippen LogP contribution in [0.1, 0.15) is 65.7 Å². The zero-order chi connectivity index (χ0) is 12.4. The standard InChI is InChI=1S/C12H27O3P/c1-4-5-6-7-8-9-10-11-15-16(13,14)12(2)3/h12H,4-11H2,1-3H3,(H,13,14). The van der Waals surface area contributed by atoms with Crippen LogP contribution in [0.25, 0.3) is 0 Å². The molecule has 0 bridgehead atoms. The van der Waals surface area contributed by atoms with Crippen molar-refractivity contribution in [1.29, 1.82) is 0 Å². The zero-order valence-electron chi connectivity index (χ0n) is 10.9. The molecule has 0 aliphatic rings. The van der Waals surface area contributed by atoms with E-state index in [9.17, 15) is 9.46 Å². The predicted molar refractivity (Wildman–Crippen MR) is 68.9 cm³/mol.